The molecule has 4 aliphatic rings. The van der Waals surface area contributed by atoms with Gasteiger partial charge in [-0.05, 0) is 55.8 Å². The third-order valence-corrected chi connectivity index (χ3v) is 6.01. The second-order valence-corrected chi connectivity index (χ2v) is 7.73. The van der Waals surface area contributed by atoms with E-state index in [0.29, 0.717) is 11.8 Å². The molecule has 0 spiro atoms. The number of hydrogen-bond acceptors (Lipinski definition) is 2. The van der Waals surface area contributed by atoms with Crippen LogP contribution in [0.25, 0.3) is 0 Å². The molecule has 0 atom stereocenters. The summed E-state index contributed by atoms with van der Waals surface area (Å²) in [7, 11) is -5.19. The molecule has 4 fully saturated rings. The zero-order valence-corrected chi connectivity index (χ0v) is 10.6. The van der Waals surface area contributed by atoms with E-state index >= 15 is 0 Å². The lowest BCUT2D eigenvalue weighted by molar-refractivity contribution is -0.0488. The molecule has 7 heteroatoms. The van der Waals surface area contributed by atoms with Crippen LogP contribution in [0.4, 0.5) is 13.2 Å². The van der Waals surface area contributed by atoms with Crippen molar-refractivity contribution in [3.63, 3.8) is 0 Å². The van der Waals surface area contributed by atoms with Crippen LogP contribution in [0.15, 0.2) is 0 Å². The Morgan fingerprint density at radius 3 is 1.72 bits per heavy atom. The van der Waals surface area contributed by atoms with Gasteiger partial charge in [0.2, 0.25) is 0 Å². The van der Waals surface area contributed by atoms with E-state index in [0.717, 1.165) is 25.7 Å². The molecule has 0 unspecified atom stereocenters. The molecule has 18 heavy (non-hydrogen) atoms. The summed E-state index contributed by atoms with van der Waals surface area (Å²) in [5, 5.41) is 0. The van der Waals surface area contributed by atoms with Crippen molar-refractivity contribution in [2.75, 3.05) is 0 Å². The lowest BCUT2D eigenvalue weighted by Gasteiger charge is -2.54. The molecule has 4 rings (SSSR count). The third kappa shape index (κ3) is 1.95. The number of rotatable bonds is 2. The summed E-state index contributed by atoms with van der Waals surface area (Å²) in [6.45, 7) is 0. The highest BCUT2D eigenvalue weighted by Gasteiger charge is 2.53. The predicted octanol–water partition coefficient (Wildman–Crippen LogP) is 2.25. The summed E-state index contributed by atoms with van der Waals surface area (Å²) in [6.07, 6.45) is 4.73. The second-order valence-electron chi connectivity index (χ2n) is 6.02. The van der Waals surface area contributed by atoms with Gasteiger partial charge in [-0.1, -0.05) is 0 Å². The molecule has 1 N–H and O–H groups in total. The van der Waals surface area contributed by atoms with Crippen molar-refractivity contribution in [1.82, 2.24) is 4.72 Å². The molecule has 3 nitrogen and oxygen atoms in total. The van der Waals surface area contributed by atoms with Crippen LogP contribution >= 0.6 is 0 Å². The topological polar surface area (TPSA) is 46.2 Å². The van der Waals surface area contributed by atoms with Gasteiger partial charge < -0.3 is 0 Å². The Hall–Kier alpha value is -0.300. The molecule has 0 aromatic heterocycles. The number of sulfonamides is 1. The maximum absolute atomic E-state index is 12.4. The van der Waals surface area contributed by atoms with Crippen LogP contribution in [0.2, 0.25) is 0 Å². The fraction of sp³-hybridized carbons (Fsp3) is 1.00. The van der Waals surface area contributed by atoms with E-state index in [-0.39, 0.29) is 11.8 Å². The van der Waals surface area contributed by atoms with E-state index in [9.17, 15) is 21.6 Å². The number of halogens is 3. The largest absolute Gasteiger partial charge is 0.511 e. The van der Waals surface area contributed by atoms with Gasteiger partial charge in [0.05, 0.1) is 0 Å². The van der Waals surface area contributed by atoms with Crippen LogP contribution < -0.4 is 4.72 Å². The molecular formula is C11H16F3NO2S. The predicted molar refractivity (Wildman–Crippen MR) is 58.9 cm³/mol. The third-order valence-electron chi connectivity index (χ3n) is 4.82. The van der Waals surface area contributed by atoms with Gasteiger partial charge in [-0.2, -0.15) is 13.2 Å². The van der Waals surface area contributed by atoms with Crippen molar-refractivity contribution >= 4 is 10.0 Å². The van der Waals surface area contributed by atoms with Crippen LogP contribution in [0, 0.1) is 23.7 Å². The van der Waals surface area contributed by atoms with Crippen LogP contribution in [-0.4, -0.2) is 20.0 Å². The fourth-order valence-corrected chi connectivity index (χ4v) is 5.24. The average molecular weight is 283 g/mol. The zero-order valence-electron chi connectivity index (χ0n) is 9.78. The Labute approximate surface area is 104 Å². The van der Waals surface area contributed by atoms with E-state index in [1.807, 2.05) is 4.72 Å². The first-order chi connectivity index (χ1) is 8.26. The summed E-state index contributed by atoms with van der Waals surface area (Å²) in [5.41, 5.74) is -5.19. The Kier molecular flexibility index (Phi) is 2.72. The minimum Gasteiger partial charge on any atom is -0.204 e. The molecule has 0 aromatic rings. The normalized spacial score (nSPS) is 43.4. The standard InChI is InChI=1S/C11H16F3NO2S/c12-11(13,14)18(16,17)15-10-8-2-6-1-7(4-8)5-9(10)3-6/h6-10,15H,1-5H2. The SMILES string of the molecule is O=S(=O)(NC1C2CC3CC(C2)CC1C3)C(F)(F)F. The molecular weight excluding hydrogens is 267 g/mol. The van der Waals surface area contributed by atoms with E-state index in [1.54, 1.807) is 0 Å². The van der Waals surface area contributed by atoms with Crippen LogP contribution in [0.3, 0.4) is 0 Å². The van der Waals surface area contributed by atoms with E-state index in [4.69, 9.17) is 0 Å². The fourth-order valence-electron chi connectivity index (χ4n) is 4.36. The molecule has 0 heterocycles. The maximum Gasteiger partial charge on any atom is 0.511 e. The lowest BCUT2D eigenvalue weighted by Crippen LogP contribution is -2.57. The summed E-state index contributed by atoms with van der Waals surface area (Å²) in [6, 6.07) is -0.496. The van der Waals surface area contributed by atoms with Crippen molar-refractivity contribution in [3.8, 4) is 0 Å². The molecule has 104 valence electrons. The summed E-state index contributed by atoms with van der Waals surface area (Å²) in [4.78, 5) is 0. The van der Waals surface area contributed by atoms with Gasteiger partial charge in [0.15, 0.2) is 0 Å². The van der Waals surface area contributed by atoms with E-state index < -0.39 is 21.6 Å². The van der Waals surface area contributed by atoms with Crippen molar-refractivity contribution in [2.24, 2.45) is 23.7 Å². The van der Waals surface area contributed by atoms with Gasteiger partial charge >= 0.3 is 15.5 Å². The second kappa shape index (κ2) is 3.85. The highest BCUT2D eigenvalue weighted by Crippen LogP contribution is 2.54. The van der Waals surface area contributed by atoms with Crippen molar-refractivity contribution in [3.05, 3.63) is 0 Å². The van der Waals surface area contributed by atoms with Gasteiger partial charge in [0.1, 0.15) is 0 Å². The monoisotopic (exact) mass is 283 g/mol. The van der Waals surface area contributed by atoms with Gasteiger partial charge in [-0.15, -0.1) is 0 Å². The van der Waals surface area contributed by atoms with Crippen molar-refractivity contribution in [2.45, 2.75) is 43.7 Å². The quantitative estimate of drug-likeness (QED) is 0.845. The van der Waals surface area contributed by atoms with Gasteiger partial charge in [0.25, 0.3) is 0 Å². The number of nitrogens with one attached hydrogen (secondary N) is 1. The molecule has 0 radical (unpaired) electrons. The highest BCUT2D eigenvalue weighted by molar-refractivity contribution is 7.90. The molecule has 0 saturated heterocycles. The van der Waals surface area contributed by atoms with Crippen LogP contribution in [0.1, 0.15) is 32.1 Å². The van der Waals surface area contributed by atoms with Crippen molar-refractivity contribution in [1.29, 1.82) is 0 Å². The molecule has 4 bridgehead atoms. The van der Waals surface area contributed by atoms with Gasteiger partial charge in [-0.3, -0.25) is 0 Å². The molecule has 4 aliphatic carbocycles. The molecule has 4 saturated carbocycles. The first-order valence-electron chi connectivity index (χ1n) is 6.35. The number of alkyl halides is 3. The van der Waals surface area contributed by atoms with Crippen LogP contribution in [0.5, 0.6) is 0 Å². The Bertz CT molecular complexity index is 418. The highest BCUT2D eigenvalue weighted by atomic mass is 32.2. The summed E-state index contributed by atoms with van der Waals surface area (Å²) >= 11 is 0. The maximum atomic E-state index is 12.4. The first-order valence-corrected chi connectivity index (χ1v) is 7.83. The zero-order chi connectivity index (χ0) is 13.1. The smallest absolute Gasteiger partial charge is 0.204 e. The number of hydrogen-bond donors (Lipinski definition) is 1. The summed E-state index contributed by atoms with van der Waals surface area (Å²) in [5.74, 6) is 1.44. The van der Waals surface area contributed by atoms with Gasteiger partial charge in [0, 0.05) is 6.04 Å². The lowest BCUT2D eigenvalue weighted by atomic mass is 9.54. The Morgan fingerprint density at radius 1 is 0.889 bits per heavy atom. The van der Waals surface area contributed by atoms with E-state index in [2.05, 4.69) is 0 Å². The first kappa shape index (κ1) is 12.7. The van der Waals surface area contributed by atoms with E-state index in [1.165, 1.54) is 6.42 Å². The minimum absolute atomic E-state index is 0.110. The van der Waals surface area contributed by atoms with Gasteiger partial charge in [-0.25, -0.2) is 13.1 Å². The van der Waals surface area contributed by atoms with Crippen molar-refractivity contribution < 1.29 is 21.6 Å². The minimum atomic E-state index is -5.19. The van der Waals surface area contributed by atoms with Crippen LogP contribution in [-0.2, 0) is 10.0 Å². The molecule has 0 aromatic carbocycles. The average Bonchev–Trinajstić information content (AvgIpc) is 2.20. The molecule has 0 amide bonds. The summed E-state index contributed by atoms with van der Waals surface area (Å²) < 4.78 is 61.5. The Morgan fingerprint density at radius 2 is 1.33 bits per heavy atom. The molecule has 0 aliphatic heterocycles. The Balaban J connectivity index is 1.78.